The van der Waals surface area contributed by atoms with E-state index in [0.29, 0.717) is 5.95 Å². The highest BCUT2D eigenvalue weighted by Gasteiger charge is 2.16. The Labute approximate surface area is 124 Å². The van der Waals surface area contributed by atoms with Crippen LogP contribution < -0.4 is 5.32 Å². The quantitative estimate of drug-likeness (QED) is 0.936. The summed E-state index contributed by atoms with van der Waals surface area (Å²) in [6, 6.07) is 8.38. The van der Waals surface area contributed by atoms with Crippen LogP contribution >= 0.6 is 0 Å². The predicted octanol–water partition coefficient (Wildman–Crippen LogP) is 2.09. The van der Waals surface area contributed by atoms with Crippen LogP contribution in [0.5, 0.6) is 0 Å². The van der Waals surface area contributed by atoms with E-state index in [1.807, 2.05) is 19.9 Å². The largest absolute Gasteiger partial charge is 0.324 e. The second-order valence-electron chi connectivity index (χ2n) is 4.91. The van der Waals surface area contributed by atoms with Crippen molar-refractivity contribution < 1.29 is 8.42 Å². The molecule has 0 saturated carbocycles. The first-order chi connectivity index (χ1) is 9.79. The molecule has 0 aliphatic rings. The van der Waals surface area contributed by atoms with E-state index in [1.54, 1.807) is 24.3 Å². The summed E-state index contributed by atoms with van der Waals surface area (Å²) in [6.07, 6.45) is 0. The number of aromatic nitrogens is 2. The molecule has 0 amide bonds. The fourth-order valence-corrected chi connectivity index (χ4v) is 2.73. The zero-order valence-corrected chi connectivity index (χ0v) is 13.3. The van der Waals surface area contributed by atoms with Crippen molar-refractivity contribution in [2.45, 2.75) is 18.7 Å². The van der Waals surface area contributed by atoms with Crippen molar-refractivity contribution in [3.8, 4) is 0 Å². The Morgan fingerprint density at radius 3 is 2.00 bits per heavy atom. The van der Waals surface area contributed by atoms with E-state index in [9.17, 15) is 8.42 Å². The van der Waals surface area contributed by atoms with Crippen LogP contribution in [0.4, 0.5) is 11.6 Å². The van der Waals surface area contributed by atoms with Crippen molar-refractivity contribution in [3.63, 3.8) is 0 Å². The van der Waals surface area contributed by atoms with Gasteiger partial charge in [-0.15, -0.1) is 0 Å². The average Bonchev–Trinajstić information content (AvgIpc) is 2.37. The SMILES string of the molecule is Cc1cc(C)nc(Nc2ccc(S(=O)(=O)N(C)C)cc2)n1. The summed E-state index contributed by atoms with van der Waals surface area (Å²) in [5, 5.41) is 3.06. The van der Waals surface area contributed by atoms with Gasteiger partial charge in [0.15, 0.2) is 0 Å². The number of nitrogens with one attached hydrogen (secondary N) is 1. The molecule has 6 nitrogen and oxygen atoms in total. The molecular weight excluding hydrogens is 288 g/mol. The van der Waals surface area contributed by atoms with Crippen LogP contribution in [0.3, 0.4) is 0 Å². The third-order valence-corrected chi connectivity index (χ3v) is 4.70. The zero-order valence-electron chi connectivity index (χ0n) is 12.5. The number of rotatable bonds is 4. The lowest BCUT2D eigenvalue weighted by atomic mass is 10.3. The highest BCUT2D eigenvalue weighted by molar-refractivity contribution is 7.89. The molecule has 112 valence electrons. The van der Waals surface area contributed by atoms with Crippen molar-refractivity contribution in [1.82, 2.24) is 14.3 Å². The number of hydrogen-bond donors (Lipinski definition) is 1. The van der Waals surface area contributed by atoms with Crippen molar-refractivity contribution >= 4 is 21.7 Å². The third kappa shape index (κ3) is 3.56. The maximum absolute atomic E-state index is 12.0. The Morgan fingerprint density at radius 2 is 1.52 bits per heavy atom. The molecule has 0 aliphatic carbocycles. The predicted molar refractivity (Wildman–Crippen MR) is 82.1 cm³/mol. The van der Waals surface area contributed by atoms with E-state index in [0.717, 1.165) is 17.1 Å². The van der Waals surface area contributed by atoms with Crippen LogP contribution in [0, 0.1) is 13.8 Å². The molecule has 1 heterocycles. The molecule has 0 radical (unpaired) electrons. The molecule has 0 unspecified atom stereocenters. The molecule has 21 heavy (non-hydrogen) atoms. The van der Waals surface area contributed by atoms with E-state index in [-0.39, 0.29) is 4.90 Å². The second-order valence-corrected chi connectivity index (χ2v) is 7.06. The van der Waals surface area contributed by atoms with E-state index >= 15 is 0 Å². The van der Waals surface area contributed by atoms with Gasteiger partial charge in [0.1, 0.15) is 0 Å². The lowest BCUT2D eigenvalue weighted by Crippen LogP contribution is -2.22. The van der Waals surface area contributed by atoms with Gasteiger partial charge in [-0.05, 0) is 44.2 Å². The minimum absolute atomic E-state index is 0.249. The Hall–Kier alpha value is -1.99. The van der Waals surface area contributed by atoms with Crippen LogP contribution in [0.1, 0.15) is 11.4 Å². The number of nitrogens with zero attached hydrogens (tertiary/aromatic N) is 3. The summed E-state index contributed by atoms with van der Waals surface area (Å²) in [6.45, 7) is 3.79. The minimum atomic E-state index is -3.41. The van der Waals surface area contributed by atoms with E-state index in [1.165, 1.54) is 18.4 Å². The maximum Gasteiger partial charge on any atom is 0.242 e. The van der Waals surface area contributed by atoms with Gasteiger partial charge >= 0.3 is 0 Å². The average molecular weight is 306 g/mol. The Kier molecular flexibility index (Phi) is 4.24. The van der Waals surface area contributed by atoms with Crippen LogP contribution in [0.15, 0.2) is 35.2 Å². The number of anilines is 2. The zero-order chi connectivity index (χ0) is 15.6. The van der Waals surface area contributed by atoms with E-state index in [4.69, 9.17) is 0 Å². The third-order valence-electron chi connectivity index (χ3n) is 2.87. The lowest BCUT2D eigenvalue weighted by Gasteiger charge is -2.12. The molecule has 0 atom stereocenters. The molecule has 1 aromatic carbocycles. The van der Waals surface area contributed by atoms with Gasteiger partial charge in [-0.1, -0.05) is 0 Å². The molecule has 0 spiro atoms. The van der Waals surface area contributed by atoms with Crippen molar-refractivity contribution in [3.05, 3.63) is 41.7 Å². The Morgan fingerprint density at radius 1 is 1.00 bits per heavy atom. The van der Waals surface area contributed by atoms with Gasteiger partial charge in [-0.3, -0.25) is 0 Å². The van der Waals surface area contributed by atoms with E-state index < -0.39 is 10.0 Å². The molecule has 2 rings (SSSR count). The summed E-state index contributed by atoms with van der Waals surface area (Å²) in [5.74, 6) is 0.496. The molecule has 1 N–H and O–H groups in total. The normalized spacial score (nSPS) is 11.7. The van der Waals surface area contributed by atoms with E-state index in [2.05, 4.69) is 15.3 Å². The first-order valence-electron chi connectivity index (χ1n) is 6.41. The van der Waals surface area contributed by atoms with Crippen molar-refractivity contribution in [2.24, 2.45) is 0 Å². The van der Waals surface area contributed by atoms with Crippen LogP contribution in [-0.2, 0) is 10.0 Å². The summed E-state index contributed by atoms with van der Waals surface area (Å²) >= 11 is 0. The van der Waals surface area contributed by atoms with Gasteiger partial charge in [-0.25, -0.2) is 22.7 Å². The van der Waals surface area contributed by atoms with Gasteiger partial charge in [0.2, 0.25) is 16.0 Å². The molecule has 0 fully saturated rings. The summed E-state index contributed by atoms with van der Waals surface area (Å²) in [4.78, 5) is 8.81. The topological polar surface area (TPSA) is 75.2 Å². The number of hydrogen-bond acceptors (Lipinski definition) is 5. The molecule has 0 bridgehead atoms. The number of aryl methyl sites for hydroxylation is 2. The smallest absolute Gasteiger partial charge is 0.242 e. The molecule has 2 aromatic rings. The molecule has 7 heteroatoms. The number of benzene rings is 1. The Bertz CT molecular complexity index is 720. The minimum Gasteiger partial charge on any atom is -0.324 e. The molecule has 0 saturated heterocycles. The fourth-order valence-electron chi connectivity index (χ4n) is 1.83. The fraction of sp³-hybridized carbons (Fsp3) is 0.286. The van der Waals surface area contributed by atoms with Crippen molar-refractivity contribution in [1.29, 1.82) is 0 Å². The highest BCUT2D eigenvalue weighted by Crippen LogP contribution is 2.18. The van der Waals surface area contributed by atoms with Gasteiger partial charge < -0.3 is 5.32 Å². The standard InChI is InChI=1S/C14H18N4O2S/c1-10-9-11(2)16-14(15-10)17-12-5-7-13(8-6-12)21(19,20)18(3)4/h5-9H,1-4H3,(H,15,16,17). The molecule has 1 aromatic heterocycles. The van der Waals surface area contributed by atoms with Crippen LogP contribution in [0.25, 0.3) is 0 Å². The summed E-state index contributed by atoms with van der Waals surface area (Å²) in [5.41, 5.74) is 2.48. The van der Waals surface area contributed by atoms with Gasteiger partial charge in [-0.2, -0.15) is 0 Å². The van der Waals surface area contributed by atoms with Crippen molar-refractivity contribution in [2.75, 3.05) is 19.4 Å². The van der Waals surface area contributed by atoms with Gasteiger partial charge in [0.05, 0.1) is 4.90 Å². The highest BCUT2D eigenvalue weighted by atomic mass is 32.2. The van der Waals surface area contributed by atoms with Gasteiger partial charge in [0, 0.05) is 31.2 Å². The lowest BCUT2D eigenvalue weighted by molar-refractivity contribution is 0.521. The van der Waals surface area contributed by atoms with Crippen LogP contribution in [0.2, 0.25) is 0 Å². The summed E-state index contributed by atoms with van der Waals surface area (Å²) < 4.78 is 25.1. The first-order valence-corrected chi connectivity index (χ1v) is 7.85. The molecule has 0 aliphatic heterocycles. The Balaban J connectivity index is 2.24. The monoisotopic (exact) mass is 306 g/mol. The molecular formula is C14H18N4O2S. The maximum atomic E-state index is 12.0. The summed E-state index contributed by atoms with van der Waals surface area (Å²) in [7, 11) is -0.396. The van der Waals surface area contributed by atoms with Crippen LogP contribution in [-0.4, -0.2) is 36.8 Å². The first kappa shape index (κ1) is 15.4. The van der Waals surface area contributed by atoms with Gasteiger partial charge in [0.25, 0.3) is 0 Å². The number of sulfonamides is 1. The second kappa shape index (κ2) is 5.79.